The van der Waals surface area contributed by atoms with E-state index in [1.807, 2.05) is 37.3 Å². The van der Waals surface area contributed by atoms with E-state index in [-0.39, 0.29) is 31.6 Å². The fraction of sp³-hybridized carbons (Fsp3) is 0.714. The van der Waals surface area contributed by atoms with Crippen LogP contribution in [0.3, 0.4) is 0 Å². The molecule has 0 aliphatic rings. The molecular weight excluding hydrogens is 600 g/mol. The van der Waals surface area contributed by atoms with Crippen molar-refractivity contribution in [1.29, 1.82) is 0 Å². The molecule has 2 atom stereocenters. The molecule has 2 N–H and O–H groups in total. The summed E-state index contributed by atoms with van der Waals surface area (Å²) in [6.45, 7) is 4.01. The van der Waals surface area contributed by atoms with Gasteiger partial charge in [-0.3, -0.25) is 9.59 Å². The van der Waals surface area contributed by atoms with Crippen molar-refractivity contribution in [3.63, 3.8) is 0 Å². The Bertz CT molecular complexity index is 871. The molecule has 0 bridgehead atoms. The summed E-state index contributed by atoms with van der Waals surface area (Å²) in [5.74, 6) is -0.654. The molecule has 0 saturated carbocycles. The fourth-order valence-corrected chi connectivity index (χ4v) is 5.14. The number of carbonyl (C=O) groups excluding carboxylic acids is 2. The predicted molar refractivity (Wildman–Crippen MR) is 202 cm³/mol. The van der Waals surface area contributed by atoms with Crippen LogP contribution in [0.15, 0.2) is 60.8 Å². The van der Waals surface area contributed by atoms with E-state index in [4.69, 9.17) is 9.47 Å². The van der Waals surface area contributed by atoms with Crippen LogP contribution < -0.4 is 0 Å². The highest BCUT2D eigenvalue weighted by molar-refractivity contribution is 5.69. The van der Waals surface area contributed by atoms with Crippen LogP contribution in [0.5, 0.6) is 0 Å². The summed E-state index contributed by atoms with van der Waals surface area (Å²) in [6, 6.07) is 0. The van der Waals surface area contributed by atoms with E-state index in [0.29, 0.717) is 19.3 Å². The summed E-state index contributed by atoms with van der Waals surface area (Å²) in [6.07, 6.45) is 44.8. The number of hydrogen-bond acceptors (Lipinski definition) is 6. The lowest BCUT2D eigenvalue weighted by atomic mass is 10.0. The lowest BCUT2D eigenvalue weighted by Gasteiger charge is -2.12. The van der Waals surface area contributed by atoms with Gasteiger partial charge in [0, 0.05) is 12.8 Å². The largest absolute Gasteiger partial charge is 0.463 e. The van der Waals surface area contributed by atoms with E-state index < -0.39 is 12.2 Å². The summed E-state index contributed by atoms with van der Waals surface area (Å²) in [5.41, 5.74) is 0. The Kier molecular flexibility index (Phi) is 35.5. The molecule has 0 spiro atoms. The maximum absolute atomic E-state index is 12.0. The number of carbonyl (C=O) groups is 2. The van der Waals surface area contributed by atoms with Crippen molar-refractivity contribution in [2.75, 3.05) is 13.2 Å². The van der Waals surface area contributed by atoms with Crippen molar-refractivity contribution in [2.24, 2.45) is 0 Å². The zero-order chi connectivity index (χ0) is 35.2. The zero-order valence-corrected chi connectivity index (χ0v) is 30.8. The number of aliphatic hydroxyl groups is 2. The fourth-order valence-electron chi connectivity index (χ4n) is 5.14. The molecule has 0 fully saturated rings. The summed E-state index contributed by atoms with van der Waals surface area (Å²) >= 11 is 0. The summed E-state index contributed by atoms with van der Waals surface area (Å²) in [7, 11) is 0. The van der Waals surface area contributed by atoms with Crippen LogP contribution in [-0.4, -0.2) is 47.6 Å². The molecule has 276 valence electrons. The van der Waals surface area contributed by atoms with Crippen LogP contribution in [0, 0.1) is 0 Å². The normalized spacial score (nSPS) is 13.5. The third-order valence-electron chi connectivity index (χ3n) is 8.09. The van der Waals surface area contributed by atoms with Crippen LogP contribution >= 0.6 is 0 Å². The molecule has 48 heavy (non-hydrogen) atoms. The van der Waals surface area contributed by atoms with Crippen LogP contribution in [-0.2, 0) is 19.1 Å². The van der Waals surface area contributed by atoms with E-state index in [1.54, 1.807) is 0 Å². The molecule has 6 nitrogen and oxygen atoms in total. The minimum absolute atomic E-state index is 0.144. The highest BCUT2D eigenvalue weighted by Gasteiger charge is 2.12. The van der Waals surface area contributed by atoms with Crippen molar-refractivity contribution in [2.45, 2.75) is 180 Å². The molecule has 6 heteroatoms. The minimum Gasteiger partial charge on any atom is -0.463 e. The lowest BCUT2D eigenvalue weighted by Crippen LogP contribution is -2.25. The van der Waals surface area contributed by atoms with Crippen molar-refractivity contribution in [1.82, 2.24) is 0 Å². The molecule has 0 aromatic rings. The molecule has 0 aromatic heterocycles. The molecule has 0 rings (SSSR count). The molecule has 0 heterocycles. The summed E-state index contributed by atoms with van der Waals surface area (Å²) in [5, 5.41) is 19.7. The Labute approximate surface area is 294 Å². The monoisotopic (exact) mass is 673 g/mol. The van der Waals surface area contributed by atoms with Gasteiger partial charge in [-0.2, -0.15) is 0 Å². The van der Waals surface area contributed by atoms with Gasteiger partial charge in [-0.25, -0.2) is 0 Å². The Morgan fingerprint density at radius 1 is 0.542 bits per heavy atom. The first kappa shape index (κ1) is 45.6. The number of unbranched alkanes of at least 4 members (excludes halogenated alkanes) is 16. The molecule has 0 aliphatic carbocycles. The van der Waals surface area contributed by atoms with Crippen LogP contribution in [0.2, 0.25) is 0 Å². The standard InChI is InChI=1S/C42H72O6/c1-3-5-7-8-9-10-11-12-13-14-15-19-22-25-28-31-35-41(45)47-37-40(44)38-48-42(46)36-32-29-26-23-20-17-16-18-21-24-27-30-34-39(43)33-6-4-2/h6,16-17,21,23-24,26-27,30,33,39-40,43-44H,3-5,7-15,18-20,22,25,28-29,31-32,34-38H2,1-2H3/b17-16-,24-21-,26-23-,30-27+,33-6-/t39?,40-/m0/s1. The predicted octanol–water partition coefficient (Wildman–Crippen LogP) is 11.0. The first-order chi connectivity index (χ1) is 23.5. The second-order valence-corrected chi connectivity index (χ2v) is 12.9. The number of allylic oxidation sites excluding steroid dienone is 8. The SMILES string of the molecule is CC/C=C\C(O)C/C=C/C=C\C/C=C\C/C=C\CCCC(=O)OC[C@@H](O)COC(=O)CCCCCCCCCCCCCCCCCC. The Hall–Kier alpha value is -2.44. The topological polar surface area (TPSA) is 93.1 Å². The average molecular weight is 673 g/mol. The van der Waals surface area contributed by atoms with Crippen LogP contribution in [0.4, 0.5) is 0 Å². The van der Waals surface area contributed by atoms with E-state index in [2.05, 4.69) is 37.3 Å². The number of ether oxygens (including phenoxy) is 2. The third-order valence-corrected chi connectivity index (χ3v) is 8.09. The first-order valence-corrected chi connectivity index (χ1v) is 19.4. The van der Waals surface area contributed by atoms with Gasteiger partial charge in [0.2, 0.25) is 0 Å². The maximum atomic E-state index is 12.0. The minimum atomic E-state index is -0.998. The Morgan fingerprint density at radius 3 is 1.54 bits per heavy atom. The third kappa shape index (κ3) is 36.4. The summed E-state index contributed by atoms with van der Waals surface area (Å²) < 4.78 is 10.3. The lowest BCUT2D eigenvalue weighted by molar-refractivity contribution is -0.152. The van der Waals surface area contributed by atoms with Crippen LogP contribution in [0.1, 0.15) is 168 Å². The van der Waals surface area contributed by atoms with Gasteiger partial charge in [0.1, 0.15) is 19.3 Å². The van der Waals surface area contributed by atoms with E-state index in [1.165, 1.54) is 83.5 Å². The highest BCUT2D eigenvalue weighted by Crippen LogP contribution is 2.14. The van der Waals surface area contributed by atoms with E-state index >= 15 is 0 Å². The molecule has 0 amide bonds. The second kappa shape index (κ2) is 37.4. The second-order valence-electron chi connectivity index (χ2n) is 12.9. The van der Waals surface area contributed by atoms with Gasteiger partial charge in [-0.15, -0.1) is 0 Å². The van der Waals surface area contributed by atoms with Gasteiger partial charge in [-0.05, 0) is 44.9 Å². The van der Waals surface area contributed by atoms with Gasteiger partial charge in [0.15, 0.2) is 0 Å². The average Bonchev–Trinajstić information content (AvgIpc) is 3.08. The molecule has 0 aromatic carbocycles. The van der Waals surface area contributed by atoms with Crippen molar-refractivity contribution in [3.05, 3.63) is 60.8 Å². The number of esters is 2. The number of rotatable bonds is 34. The van der Waals surface area contributed by atoms with Crippen molar-refractivity contribution < 1.29 is 29.3 Å². The van der Waals surface area contributed by atoms with Gasteiger partial charge >= 0.3 is 11.9 Å². The van der Waals surface area contributed by atoms with Gasteiger partial charge in [0.25, 0.3) is 0 Å². The van der Waals surface area contributed by atoms with Crippen molar-refractivity contribution in [3.8, 4) is 0 Å². The van der Waals surface area contributed by atoms with E-state index in [9.17, 15) is 19.8 Å². The van der Waals surface area contributed by atoms with Gasteiger partial charge in [0.05, 0.1) is 6.10 Å². The van der Waals surface area contributed by atoms with Crippen LogP contribution in [0.25, 0.3) is 0 Å². The quantitative estimate of drug-likeness (QED) is 0.0306. The zero-order valence-electron chi connectivity index (χ0n) is 30.8. The number of aliphatic hydroxyl groups excluding tert-OH is 2. The highest BCUT2D eigenvalue weighted by atomic mass is 16.6. The molecule has 0 radical (unpaired) electrons. The van der Waals surface area contributed by atoms with E-state index in [0.717, 1.165) is 44.9 Å². The first-order valence-electron chi connectivity index (χ1n) is 19.4. The Morgan fingerprint density at radius 2 is 1.00 bits per heavy atom. The van der Waals surface area contributed by atoms with Gasteiger partial charge < -0.3 is 19.7 Å². The molecule has 1 unspecified atom stereocenters. The molecule has 0 aliphatic heterocycles. The number of hydrogen-bond donors (Lipinski definition) is 2. The van der Waals surface area contributed by atoms with Crippen molar-refractivity contribution >= 4 is 11.9 Å². The smallest absolute Gasteiger partial charge is 0.305 e. The molecular formula is C42H72O6. The van der Waals surface area contributed by atoms with Gasteiger partial charge in [-0.1, -0.05) is 171 Å². The molecule has 0 saturated heterocycles. The maximum Gasteiger partial charge on any atom is 0.305 e. The Balaban J connectivity index is 3.57. The summed E-state index contributed by atoms with van der Waals surface area (Å²) in [4.78, 5) is 23.9.